The van der Waals surface area contributed by atoms with Crippen LogP contribution in [0.2, 0.25) is 0 Å². The van der Waals surface area contributed by atoms with Crippen LogP contribution in [0, 0.1) is 11.3 Å². The van der Waals surface area contributed by atoms with Crippen molar-refractivity contribution in [3.05, 3.63) is 11.8 Å². The van der Waals surface area contributed by atoms with Crippen molar-refractivity contribution < 1.29 is 19.4 Å². The molecule has 1 aliphatic heterocycles. The van der Waals surface area contributed by atoms with Crippen molar-refractivity contribution in [2.24, 2.45) is 0 Å². The van der Waals surface area contributed by atoms with Gasteiger partial charge in [-0.3, -0.25) is 9.59 Å². The highest BCUT2D eigenvalue weighted by Gasteiger charge is 2.20. The van der Waals surface area contributed by atoms with Crippen molar-refractivity contribution in [1.82, 2.24) is 10.2 Å². The van der Waals surface area contributed by atoms with Crippen LogP contribution in [-0.2, 0) is 14.3 Å². The van der Waals surface area contributed by atoms with Gasteiger partial charge in [-0.1, -0.05) is 0 Å². The van der Waals surface area contributed by atoms with Crippen molar-refractivity contribution in [2.75, 3.05) is 32.8 Å². The van der Waals surface area contributed by atoms with E-state index in [9.17, 15) is 9.59 Å². The van der Waals surface area contributed by atoms with Crippen molar-refractivity contribution in [2.45, 2.75) is 6.42 Å². The molecule has 0 aromatic heterocycles. The number of carbonyl (C=O) groups excluding carboxylic acids is 1. The molecule has 1 amide bonds. The van der Waals surface area contributed by atoms with Crippen LogP contribution < -0.4 is 5.32 Å². The summed E-state index contributed by atoms with van der Waals surface area (Å²) in [5.74, 6) is -1.29. The van der Waals surface area contributed by atoms with Gasteiger partial charge in [-0.25, -0.2) is 0 Å². The molecule has 0 aromatic rings. The quantitative estimate of drug-likeness (QED) is 0.382. The second-order valence-electron chi connectivity index (χ2n) is 3.67. The number of carbonyl (C=O) groups is 2. The van der Waals surface area contributed by atoms with Gasteiger partial charge in [0.15, 0.2) is 0 Å². The number of nitrogens with one attached hydrogen (secondary N) is 1. The van der Waals surface area contributed by atoms with E-state index in [0.717, 1.165) is 0 Å². The van der Waals surface area contributed by atoms with E-state index in [-0.39, 0.29) is 24.4 Å². The largest absolute Gasteiger partial charge is 0.481 e. The lowest BCUT2D eigenvalue weighted by molar-refractivity contribution is -0.136. The summed E-state index contributed by atoms with van der Waals surface area (Å²) in [5, 5.41) is 20.0. The van der Waals surface area contributed by atoms with Crippen LogP contribution >= 0.6 is 0 Å². The Morgan fingerprint density at radius 3 is 2.67 bits per heavy atom. The van der Waals surface area contributed by atoms with Gasteiger partial charge < -0.3 is 20.1 Å². The van der Waals surface area contributed by atoms with Crippen molar-refractivity contribution in [3.8, 4) is 6.07 Å². The zero-order valence-corrected chi connectivity index (χ0v) is 9.89. The zero-order chi connectivity index (χ0) is 13.4. The fourth-order valence-electron chi connectivity index (χ4n) is 1.43. The normalized spacial score (nSPS) is 15.9. The van der Waals surface area contributed by atoms with Crippen LogP contribution in [0.15, 0.2) is 11.8 Å². The van der Waals surface area contributed by atoms with E-state index in [1.54, 1.807) is 6.07 Å². The average molecular weight is 253 g/mol. The summed E-state index contributed by atoms with van der Waals surface area (Å²) in [6.07, 6.45) is 1.20. The van der Waals surface area contributed by atoms with Crippen LogP contribution in [0.1, 0.15) is 6.42 Å². The first-order valence-electron chi connectivity index (χ1n) is 5.57. The van der Waals surface area contributed by atoms with E-state index < -0.39 is 5.97 Å². The highest BCUT2D eigenvalue weighted by molar-refractivity contribution is 5.97. The standard InChI is InChI=1S/C11H15N3O4/c12-7-9(8-13-2-1-10(15)16)11(17)14-3-5-18-6-4-14/h8,13H,1-6H2,(H,15,16)/b9-8-. The van der Waals surface area contributed by atoms with Crippen LogP contribution in [0.25, 0.3) is 0 Å². The van der Waals surface area contributed by atoms with Crippen molar-refractivity contribution >= 4 is 11.9 Å². The zero-order valence-electron chi connectivity index (χ0n) is 9.89. The third-order valence-electron chi connectivity index (χ3n) is 2.38. The Morgan fingerprint density at radius 2 is 2.11 bits per heavy atom. The minimum Gasteiger partial charge on any atom is -0.481 e. The van der Waals surface area contributed by atoms with Gasteiger partial charge in [0.1, 0.15) is 11.6 Å². The molecule has 1 rings (SSSR count). The Hall–Kier alpha value is -2.07. The van der Waals surface area contributed by atoms with Crippen LogP contribution in [0.4, 0.5) is 0 Å². The van der Waals surface area contributed by atoms with Crippen LogP contribution in [0.3, 0.4) is 0 Å². The lowest BCUT2D eigenvalue weighted by Crippen LogP contribution is -2.41. The van der Waals surface area contributed by atoms with Gasteiger partial charge in [-0.05, 0) is 0 Å². The molecule has 0 aliphatic carbocycles. The molecule has 7 heteroatoms. The molecule has 0 bridgehead atoms. The topological polar surface area (TPSA) is 103 Å². The number of ether oxygens (including phenoxy) is 1. The fourth-order valence-corrected chi connectivity index (χ4v) is 1.43. The molecule has 1 heterocycles. The smallest absolute Gasteiger partial charge is 0.305 e. The molecule has 1 aliphatic rings. The van der Waals surface area contributed by atoms with Gasteiger partial charge in [0.05, 0.1) is 19.6 Å². The number of rotatable bonds is 5. The van der Waals surface area contributed by atoms with E-state index in [4.69, 9.17) is 15.1 Å². The minimum atomic E-state index is -0.936. The monoisotopic (exact) mass is 253 g/mol. The second-order valence-corrected chi connectivity index (χ2v) is 3.67. The SMILES string of the molecule is N#C/C(=C/NCCC(=O)O)C(=O)N1CCOCC1. The Balaban J connectivity index is 2.48. The lowest BCUT2D eigenvalue weighted by Gasteiger charge is -2.26. The third kappa shape index (κ3) is 4.43. The molecule has 98 valence electrons. The van der Waals surface area contributed by atoms with Gasteiger partial charge in [-0.2, -0.15) is 5.26 Å². The minimum absolute atomic E-state index is 0.0257. The second kappa shape index (κ2) is 7.29. The summed E-state index contributed by atoms with van der Waals surface area (Å²) in [7, 11) is 0. The molecule has 2 N–H and O–H groups in total. The molecule has 0 saturated carbocycles. The molecule has 0 aromatic carbocycles. The van der Waals surface area contributed by atoms with Gasteiger partial charge in [0.25, 0.3) is 5.91 Å². The number of carboxylic acids is 1. The number of amides is 1. The number of carboxylic acid groups (broad SMARTS) is 1. The van der Waals surface area contributed by atoms with E-state index in [2.05, 4.69) is 5.32 Å². The predicted octanol–water partition coefficient (Wildman–Crippen LogP) is -0.683. The van der Waals surface area contributed by atoms with Crippen LogP contribution in [-0.4, -0.2) is 54.7 Å². The van der Waals surface area contributed by atoms with Gasteiger partial charge >= 0.3 is 5.97 Å². The van der Waals surface area contributed by atoms with E-state index >= 15 is 0 Å². The Labute approximate surface area is 105 Å². The maximum atomic E-state index is 11.9. The Morgan fingerprint density at radius 1 is 1.44 bits per heavy atom. The lowest BCUT2D eigenvalue weighted by atomic mass is 10.2. The molecular weight excluding hydrogens is 238 g/mol. The van der Waals surface area contributed by atoms with Crippen molar-refractivity contribution in [3.63, 3.8) is 0 Å². The molecule has 0 radical (unpaired) electrons. The molecule has 1 fully saturated rings. The summed E-state index contributed by atoms with van der Waals surface area (Å²) in [5.41, 5.74) is -0.0257. The first-order valence-corrected chi connectivity index (χ1v) is 5.57. The summed E-state index contributed by atoms with van der Waals surface area (Å²) >= 11 is 0. The number of aliphatic carboxylic acids is 1. The Bertz CT molecular complexity index is 380. The number of hydrogen-bond donors (Lipinski definition) is 2. The van der Waals surface area contributed by atoms with Gasteiger partial charge in [0.2, 0.25) is 0 Å². The number of nitriles is 1. The molecule has 7 nitrogen and oxygen atoms in total. The summed E-state index contributed by atoms with van der Waals surface area (Å²) < 4.78 is 5.11. The average Bonchev–Trinajstić information content (AvgIpc) is 2.39. The van der Waals surface area contributed by atoms with Gasteiger partial charge in [-0.15, -0.1) is 0 Å². The first-order chi connectivity index (χ1) is 8.65. The number of morpholine rings is 1. The summed E-state index contributed by atoms with van der Waals surface area (Å²) in [6.45, 7) is 2.05. The van der Waals surface area contributed by atoms with Gasteiger partial charge in [0, 0.05) is 25.8 Å². The molecule has 18 heavy (non-hydrogen) atoms. The van der Waals surface area contributed by atoms with Crippen molar-refractivity contribution in [1.29, 1.82) is 5.26 Å². The van der Waals surface area contributed by atoms with E-state index in [0.29, 0.717) is 26.3 Å². The molecule has 0 unspecified atom stereocenters. The maximum Gasteiger partial charge on any atom is 0.305 e. The summed E-state index contributed by atoms with van der Waals surface area (Å²) in [4.78, 5) is 23.7. The maximum absolute atomic E-state index is 11.9. The third-order valence-corrected chi connectivity index (χ3v) is 2.38. The highest BCUT2D eigenvalue weighted by Crippen LogP contribution is 2.03. The number of nitrogens with zero attached hydrogens (tertiary/aromatic N) is 2. The summed E-state index contributed by atoms with van der Waals surface area (Å²) in [6, 6.07) is 1.81. The van der Waals surface area contributed by atoms with E-state index in [1.165, 1.54) is 11.1 Å². The fraction of sp³-hybridized carbons (Fsp3) is 0.545. The molecule has 0 spiro atoms. The van der Waals surface area contributed by atoms with E-state index in [1.807, 2.05) is 0 Å². The first kappa shape index (κ1) is 14.0. The molecule has 1 saturated heterocycles. The Kier molecular flexibility index (Phi) is 5.67. The predicted molar refractivity (Wildman–Crippen MR) is 61.4 cm³/mol. The molecule has 0 atom stereocenters. The number of hydrogen-bond acceptors (Lipinski definition) is 5. The van der Waals surface area contributed by atoms with Crippen LogP contribution in [0.5, 0.6) is 0 Å². The highest BCUT2D eigenvalue weighted by atomic mass is 16.5. The molecular formula is C11H15N3O4.